The molecule has 214 valence electrons. The topological polar surface area (TPSA) is 106 Å². The second kappa shape index (κ2) is 10.6. The Hall–Kier alpha value is -4.70. The molecule has 10 heteroatoms. The number of ketones is 1. The molecule has 1 N–H and O–H groups in total. The second-order valence-corrected chi connectivity index (χ2v) is 11.1. The highest BCUT2D eigenvalue weighted by molar-refractivity contribution is 7.22. The van der Waals surface area contributed by atoms with E-state index in [1.54, 1.807) is 18.2 Å². The van der Waals surface area contributed by atoms with E-state index in [9.17, 15) is 14.7 Å². The Bertz CT molecular complexity index is 1920. The van der Waals surface area contributed by atoms with Crippen molar-refractivity contribution in [3.05, 3.63) is 88.4 Å². The van der Waals surface area contributed by atoms with E-state index in [1.165, 1.54) is 16.2 Å². The summed E-state index contributed by atoms with van der Waals surface area (Å²) in [5.74, 6) is -0.913. The number of aromatic nitrogens is 3. The number of pyridine rings is 1. The molecule has 1 unspecified atom stereocenters. The maximum Gasteiger partial charge on any atom is 0.301 e. The maximum atomic E-state index is 13.8. The van der Waals surface area contributed by atoms with Crippen LogP contribution in [0, 0.1) is 20.8 Å². The molecule has 1 aliphatic heterocycles. The van der Waals surface area contributed by atoms with Crippen molar-refractivity contribution in [2.75, 3.05) is 18.1 Å². The molecule has 1 aliphatic rings. The van der Waals surface area contributed by atoms with E-state index in [1.807, 2.05) is 75.5 Å². The average molecular weight is 583 g/mol. The second-order valence-electron chi connectivity index (χ2n) is 10.1. The molecule has 0 radical (unpaired) electrons. The zero-order valence-corrected chi connectivity index (χ0v) is 24.8. The quantitative estimate of drug-likeness (QED) is 0.137. The molecule has 1 amide bonds. The minimum atomic E-state index is -0.980. The summed E-state index contributed by atoms with van der Waals surface area (Å²) in [7, 11) is 0. The number of aryl methyl sites for hydroxylation is 3. The fourth-order valence-corrected chi connectivity index (χ4v) is 6.47. The summed E-state index contributed by atoms with van der Waals surface area (Å²) in [5.41, 5.74) is 4.73. The number of Topliss-reactive ketones (excluding diaryl/α,β-unsaturated/α-hetero) is 1. The highest BCUT2D eigenvalue weighted by Crippen LogP contribution is 2.46. The van der Waals surface area contributed by atoms with E-state index in [4.69, 9.17) is 14.5 Å². The number of aliphatic hydroxyl groups excluding tert-OH is 1. The third kappa shape index (κ3) is 4.39. The molecule has 1 saturated heterocycles. The zero-order valence-electron chi connectivity index (χ0n) is 24.0. The molecule has 0 bridgehead atoms. The van der Waals surface area contributed by atoms with Crippen LogP contribution in [-0.4, -0.2) is 44.4 Å². The first-order chi connectivity index (χ1) is 20.2. The van der Waals surface area contributed by atoms with E-state index in [-0.39, 0.29) is 17.0 Å². The van der Waals surface area contributed by atoms with Gasteiger partial charge in [0.1, 0.15) is 11.3 Å². The largest absolute Gasteiger partial charge is 0.505 e. The number of ether oxygens (including phenoxy) is 2. The maximum absolute atomic E-state index is 13.8. The summed E-state index contributed by atoms with van der Waals surface area (Å²) >= 11 is 1.32. The molecule has 4 heterocycles. The minimum absolute atomic E-state index is 0.0637. The van der Waals surface area contributed by atoms with Crippen LogP contribution in [0.5, 0.6) is 11.5 Å². The molecule has 5 aromatic rings. The molecule has 9 nitrogen and oxygen atoms in total. The van der Waals surface area contributed by atoms with E-state index in [0.29, 0.717) is 46.7 Å². The summed E-state index contributed by atoms with van der Waals surface area (Å²) in [6.45, 7) is 10.3. The Labute approximate surface area is 246 Å². The Morgan fingerprint density at radius 3 is 2.48 bits per heavy atom. The molecular formula is C32H30N4O5S. The van der Waals surface area contributed by atoms with Gasteiger partial charge in [0.25, 0.3) is 5.78 Å². The number of fused-ring (bicyclic) bond motifs is 2. The fourth-order valence-electron chi connectivity index (χ4n) is 5.38. The minimum Gasteiger partial charge on any atom is -0.505 e. The van der Waals surface area contributed by atoms with Crippen LogP contribution in [0.15, 0.2) is 60.3 Å². The number of hydrogen-bond acceptors (Lipinski definition) is 8. The van der Waals surface area contributed by atoms with Gasteiger partial charge < -0.3 is 19.0 Å². The SMILES string of the molecule is CCOc1ccc(C2/C(=C(\O)c3nc4c(C)cccn4c3C)C(=O)C(=O)N2c2nc3ccc(C)cc3s2)cc1OCC. The monoisotopic (exact) mass is 582 g/mol. The average Bonchev–Trinajstić information content (AvgIpc) is 3.62. The first-order valence-corrected chi connectivity index (χ1v) is 14.6. The number of carbonyl (C=O) groups excluding carboxylic acids is 2. The number of hydrogen-bond donors (Lipinski definition) is 1. The molecule has 2 aromatic carbocycles. The summed E-state index contributed by atoms with van der Waals surface area (Å²) in [6, 6.07) is 14.0. The van der Waals surface area contributed by atoms with Gasteiger partial charge in [-0.1, -0.05) is 29.5 Å². The zero-order chi connectivity index (χ0) is 29.7. The number of rotatable bonds is 7. The molecule has 6 rings (SSSR count). The van der Waals surface area contributed by atoms with Crippen LogP contribution in [0.25, 0.3) is 21.6 Å². The molecule has 1 atom stereocenters. The van der Waals surface area contributed by atoms with Crippen LogP contribution < -0.4 is 14.4 Å². The molecule has 0 spiro atoms. The van der Waals surface area contributed by atoms with Gasteiger partial charge in [0, 0.05) is 6.20 Å². The number of aliphatic hydroxyl groups is 1. The molecule has 42 heavy (non-hydrogen) atoms. The highest BCUT2D eigenvalue weighted by Gasteiger charge is 2.49. The van der Waals surface area contributed by atoms with Crippen molar-refractivity contribution in [3.63, 3.8) is 0 Å². The van der Waals surface area contributed by atoms with Crippen molar-refractivity contribution in [2.45, 2.75) is 40.7 Å². The van der Waals surface area contributed by atoms with Gasteiger partial charge in [-0.05, 0) is 81.6 Å². The predicted molar refractivity (Wildman–Crippen MR) is 163 cm³/mol. The Kier molecular flexibility index (Phi) is 6.94. The van der Waals surface area contributed by atoms with Crippen molar-refractivity contribution in [2.24, 2.45) is 0 Å². The van der Waals surface area contributed by atoms with Gasteiger partial charge in [0.2, 0.25) is 0 Å². The van der Waals surface area contributed by atoms with E-state index in [0.717, 1.165) is 21.3 Å². The van der Waals surface area contributed by atoms with E-state index in [2.05, 4.69) is 4.98 Å². The summed E-state index contributed by atoms with van der Waals surface area (Å²) in [4.78, 5) is 38.4. The Morgan fingerprint density at radius 1 is 0.976 bits per heavy atom. The standard InChI is InChI=1S/C32H30N4O5S/c1-6-40-22-13-11-20(16-23(22)41-7-2)27-25(28(37)26-19(5)35-14-8-9-18(4)30(35)34-26)29(38)31(39)36(27)32-33-21-12-10-17(3)15-24(21)42-32/h8-16,27,37H,6-7H2,1-5H3/b28-25+. The van der Waals surface area contributed by atoms with Crippen LogP contribution in [-0.2, 0) is 9.59 Å². The number of imidazole rings is 1. The van der Waals surface area contributed by atoms with Crippen LogP contribution >= 0.6 is 11.3 Å². The predicted octanol–water partition coefficient (Wildman–Crippen LogP) is 6.29. The third-order valence-corrected chi connectivity index (χ3v) is 8.39. The van der Waals surface area contributed by atoms with Crippen molar-refractivity contribution < 1.29 is 24.2 Å². The van der Waals surface area contributed by atoms with Crippen LogP contribution in [0.4, 0.5) is 5.13 Å². The van der Waals surface area contributed by atoms with Gasteiger partial charge in [-0.3, -0.25) is 14.5 Å². The van der Waals surface area contributed by atoms with Crippen LogP contribution in [0.1, 0.15) is 48.0 Å². The van der Waals surface area contributed by atoms with Crippen molar-refractivity contribution >= 4 is 49.8 Å². The lowest BCUT2D eigenvalue weighted by atomic mass is 9.96. The lowest BCUT2D eigenvalue weighted by Gasteiger charge is -2.24. The lowest BCUT2D eigenvalue weighted by molar-refractivity contribution is -0.132. The van der Waals surface area contributed by atoms with Gasteiger partial charge in [0.15, 0.2) is 22.4 Å². The molecule has 1 fully saturated rings. The highest BCUT2D eigenvalue weighted by atomic mass is 32.1. The van der Waals surface area contributed by atoms with E-state index < -0.39 is 17.7 Å². The molecule has 0 aliphatic carbocycles. The Morgan fingerprint density at radius 2 is 1.74 bits per heavy atom. The normalized spacial score (nSPS) is 16.6. The van der Waals surface area contributed by atoms with Crippen LogP contribution in [0.3, 0.4) is 0 Å². The first-order valence-electron chi connectivity index (χ1n) is 13.8. The summed E-state index contributed by atoms with van der Waals surface area (Å²) in [6.07, 6.45) is 1.85. The Balaban J connectivity index is 1.60. The first kappa shape index (κ1) is 27.5. The number of amides is 1. The summed E-state index contributed by atoms with van der Waals surface area (Å²) in [5, 5.41) is 12.2. The van der Waals surface area contributed by atoms with E-state index >= 15 is 0 Å². The number of thiazole rings is 1. The van der Waals surface area contributed by atoms with Gasteiger partial charge in [-0.25, -0.2) is 9.97 Å². The molecule has 0 saturated carbocycles. The van der Waals surface area contributed by atoms with Gasteiger partial charge in [-0.2, -0.15) is 0 Å². The fraction of sp³-hybridized carbons (Fsp3) is 0.250. The number of benzene rings is 2. The molecule has 3 aromatic heterocycles. The smallest absolute Gasteiger partial charge is 0.301 e. The van der Waals surface area contributed by atoms with Gasteiger partial charge in [-0.15, -0.1) is 0 Å². The lowest BCUT2D eigenvalue weighted by Crippen LogP contribution is -2.29. The van der Waals surface area contributed by atoms with Gasteiger partial charge >= 0.3 is 5.91 Å². The third-order valence-electron chi connectivity index (χ3n) is 7.37. The number of anilines is 1. The van der Waals surface area contributed by atoms with Crippen molar-refractivity contribution in [3.8, 4) is 11.5 Å². The summed E-state index contributed by atoms with van der Waals surface area (Å²) < 4.78 is 14.4. The van der Waals surface area contributed by atoms with Crippen molar-refractivity contribution in [1.29, 1.82) is 0 Å². The van der Waals surface area contributed by atoms with Gasteiger partial charge in [0.05, 0.1) is 40.7 Å². The van der Waals surface area contributed by atoms with Crippen LogP contribution in [0.2, 0.25) is 0 Å². The molecular weight excluding hydrogens is 552 g/mol. The number of carbonyl (C=O) groups is 2. The number of nitrogens with zero attached hydrogens (tertiary/aromatic N) is 4. The van der Waals surface area contributed by atoms with Crippen molar-refractivity contribution in [1.82, 2.24) is 14.4 Å².